The van der Waals surface area contributed by atoms with Gasteiger partial charge >= 0.3 is 0 Å². The number of para-hydroxylation sites is 1. The highest BCUT2D eigenvalue weighted by Gasteiger charge is 2.22. The molecule has 0 aromatic heterocycles. The number of fused-ring (bicyclic) bond motifs is 1. The molecule has 1 heterocycles. The molecule has 0 amide bonds. The summed E-state index contributed by atoms with van der Waals surface area (Å²) >= 11 is 0. The van der Waals surface area contributed by atoms with E-state index in [1.807, 2.05) is 0 Å². The zero-order valence-electron chi connectivity index (χ0n) is 18.9. The summed E-state index contributed by atoms with van der Waals surface area (Å²) in [7, 11) is 0. The van der Waals surface area contributed by atoms with Crippen molar-refractivity contribution >= 4 is 5.69 Å². The summed E-state index contributed by atoms with van der Waals surface area (Å²) in [5.74, 6) is 1.88. The van der Waals surface area contributed by atoms with E-state index in [0.717, 1.165) is 31.2 Å². The highest BCUT2D eigenvalue weighted by molar-refractivity contribution is 5.46. The van der Waals surface area contributed by atoms with Crippen LogP contribution in [-0.4, -0.2) is 43.7 Å². The number of hydrogen-bond donors (Lipinski definition) is 0. The second-order valence-electron chi connectivity index (χ2n) is 9.37. The molecule has 2 aromatic rings. The molecular formula is C27H38N2O. The summed E-state index contributed by atoms with van der Waals surface area (Å²) in [6.45, 7) is 10.2. The van der Waals surface area contributed by atoms with Crippen LogP contribution in [0, 0.1) is 5.92 Å². The standard InChI is InChI=1S/C27H38N2O/c1-22(2)29(26-9-4-3-5-10-26)17-8-18-30-27-14-13-24-19-23(11-12-25(24)20-27)21-28-15-6-7-16-28/h3-5,9-10,13-14,20,22-23H,6-8,11-12,15-19,21H2,1-2H3. The fraction of sp³-hybridized carbons (Fsp3) is 0.556. The minimum Gasteiger partial charge on any atom is -0.494 e. The second-order valence-corrected chi connectivity index (χ2v) is 9.37. The van der Waals surface area contributed by atoms with Gasteiger partial charge in [-0.25, -0.2) is 0 Å². The van der Waals surface area contributed by atoms with Gasteiger partial charge in [0.2, 0.25) is 0 Å². The zero-order chi connectivity index (χ0) is 20.8. The zero-order valence-corrected chi connectivity index (χ0v) is 18.9. The van der Waals surface area contributed by atoms with Gasteiger partial charge in [-0.1, -0.05) is 24.3 Å². The summed E-state index contributed by atoms with van der Waals surface area (Å²) in [5.41, 5.74) is 4.36. The Morgan fingerprint density at radius 1 is 1.03 bits per heavy atom. The molecule has 2 aromatic carbocycles. The predicted octanol–water partition coefficient (Wildman–Crippen LogP) is 5.57. The van der Waals surface area contributed by atoms with Crippen molar-refractivity contribution in [2.24, 2.45) is 5.92 Å². The Kier molecular flexibility index (Phi) is 7.33. The third kappa shape index (κ3) is 5.57. The fourth-order valence-corrected chi connectivity index (χ4v) is 5.11. The van der Waals surface area contributed by atoms with Crippen molar-refractivity contribution in [3.05, 3.63) is 59.7 Å². The summed E-state index contributed by atoms with van der Waals surface area (Å²) in [5, 5.41) is 0. The highest BCUT2D eigenvalue weighted by atomic mass is 16.5. The lowest BCUT2D eigenvalue weighted by molar-refractivity contribution is 0.261. The van der Waals surface area contributed by atoms with Gasteiger partial charge in [-0.05, 0) is 107 Å². The van der Waals surface area contributed by atoms with Gasteiger partial charge < -0.3 is 14.5 Å². The number of nitrogens with zero attached hydrogens (tertiary/aromatic N) is 2. The van der Waals surface area contributed by atoms with Crippen LogP contribution in [0.25, 0.3) is 0 Å². The van der Waals surface area contributed by atoms with Gasteiger partial charge in [0.25, 0.3) is 0 Å². The molecule has 4 rings (SSSR count). The van der Waals surface area contributed by atoms with Crippen molar-refractivity contribution in [2.75, 3.05) is 37.7 Å². The lowest BCUT2D eigenvalue weighted by Crippen LogP contribution is -2.32. The first-order valence-electron chi connectivity index (χ1n) is 12.0. The second kappa shape index (κ2) is 10.3. The van der Waals surface area contributed by atoms with E-state index in [4.69, 9.17) is 4.74 Å². The molecule has 1 aliphatic carbocycles. The lowest BCUT2D eigenvalue weighted by atomic mass is 9.83. The van der Waals surface area contributed by atoms with E-state index in [1.165, 1.54) is 63.0 Å². The van der Waals surface area contributed by atoms with Gasteiger partial charge in [0.05, 0.1) is 6.61 Å². The van der Waals surface area contributed by atoms with Crippen molar-refractivity contribution in [3.8, 4) is 5.75 Å². The van der Waals surface area contributed by atoms with Crippen LogP contribution >= 0.6 is 0 Å². The number of ether oxygens (including phenoxy) is 1. The Hall–Kier alpha value is -2.00. The smallest absolute Gasteiger partial charge is 0.119 e. The van der Waals surface area contributed by atoms with Crippen molar-refractivity contribution in [1.29, 1.82) is 0 Å². The maximum absolute atomic E-state index is 6.14. The Bertz CT molecular complexity index is 783. The molecule has 1 unspecified atom stereocenters. The van der Waals surface area contributed by atoms with Gasteiger partial charge in [-0.2, -0.15) is 0 Å². The largest absolute Gasteiger partial charge is 0.494 e. The summed E-state index contributed by atoms with van der Waals surface area (Å²) < 4.78 is 6.14. The van der Waals surface area contributed by atoms with E-state index in [9.17, 15) is 0 Å². The number of anilines is 1. The van der Waals surface area contributed by atoms with Gasteiger partial charge in [-0.3, -0.25) is 0 Å². The van der Waals surface area contributed by atoms with E-state index in [2.05, 4.69) is 72.2 Å². The molecule has 1 saturated heterocycles. The normalized spacial score (nSPS) is 19.1. The highest BCUT2D eigenvalue weighted by Crippen LogP contribution is 2.30. The molecule has 3 heteroatoms. The fourth-order valence-electron chi connectivity index (χ4n) is 5.11. The van der Waals surface area contributed by atoms with E-state index >= 15 is 0 Å². The first-order chi connectivity index (χ1) is 14.7. The van der Waals surface area contributed by atoms with E-state index in [1.54, 1.807) is 5.56 Å². The molecule has 1 atom stereocenters. The quantitative estimate of drug-likeness (QED) is 0.506. The Labute approximate surface area is 183 Å². The minimum atomic E-state index is 0.490. The average Bonchev–Trinajstić information content (AvgIpc) is 3.27. The number of benzene rings is 2. The Balaban J connectivity index is 1.25. The molecule has 1 fully saturated rings. The minimum absolute atomic E-state index is 0.490. The molecule has 2 aliphatic rings. The van der Waals surface area contributed by atoms with Crippen molar-refractivity contribution in [3.63, 3.8) is 0 Å². The molecule has 162 valence electrons. The van der Waals surface area contributed by atoms with Crippen LogP contribution in [0.3, 0.4) is 0 Å². The number of hydrogen-bond acceptors (Lipinski definition) is 3. The first kappa shape index (κ1) is 21.2. The molecule has 30 heavy (non-hydrogen) atoms. The van der Waals surface area contributed by atoms with E-state index in [0.29, 0.717) is 6.04 Å². The van der Waals surface area contributed by atoms with Crippen molar-refractivity contribution in [1.82, 2.24) is 4.90 Å². The number of rotatable bonds is 9. The molecule has 3 nitrogen and oxygen atoms in total. The maximum Gasteiger partial charge on any atom is 0.119 e. The SMILES string of the molecule is CC(C)N(CCCOc1ccc2c(c1)CCC(CN1CCCC1)C2)c1ccccc1. The van der Waals surface area contributed by atoms with Crippen LogP contribution in [0.1, 0.15) is 50.7 Å². The van der Waals surface area contributed by atoms with Crippen LogP contribution in [0.5, 0.6) is 5.75 Å². The lowest BCUT2D eigenvalue weighted by Gasteiger charge is -2.29. The molecule has 0 radical (unpaired) electrons. The third-order valence-corrected chi connectivity index (χ3v) is 6.75. The predicted molar refractivity (Wildman–Crippen MR) is 127 cm³/mol. The molecule has 0 spiro atoms. The van der Waals surface area contributed by atoms with Gasteiger partial charge in [-0.15, -0.1) is 0 Å². The Morgan fingerprint density at radius 2 is 1.83 bits per heavy atom. The van der Waals surface area contributed by atoms with E-state index in [-0.39, 0.29) is 0 Å². The monoisotopic (exact) mass is 406 g/mol. The topological polar surface area (TPSA) is 15.7 Å². The van der Waals surface area contributed by atoms with Crippen LogP contribution < -0.4 is 9.64 Å². The molecular weight excluding hydrogens is 368 g/mol. The van der Waals surface area contributed by atoms with Crippen LogP contribution in [0.2, 0.25) is 0 Å². The molecule has 0 saturated carbocycles. The summed E-state index contributed by atoms with van der Waals surface area (Å²) in [6, 6.07) is 18.0. The van der Waals surface area contributed by atoms with E-state index < -0.39 is 0 Å². The van der Waals surface area contributed by atoms with Gasteiger partial charge in [0.15, 0.2) is 0 Å². The third-order valence-electron chi connectivity index (χ3n) is 6.75. The molecule has 0 bridgehead atoms. The number of likely N-dealkylation sites (tertiary alicyclic amines) is 1. The Morgan fingerprint density at radius 3 is 2.60 bits per heavy atom. The van der Waals surface area contributed by atoms with Gasteiger partial charge in [0.1, 0.15) is 5.75 Å². The van der Waals surface area contributed by atoms with Crippen molar-refractivity contribution in [2.45, 2.75) is 58.4 Å². The molecule has 0 N–H and O–H groups in total. The van der Waals surface area contributed by atoms with Gasteiger partial charge in [0, 0.05) is 24.8 Å². The average molecular weight is 407 g/mol. The summed E-state index contributed by atoms with van der Waals surface area (Å²) in [6.07, 6.45) is 7.59. The van der Waals surface area contributed by atoms with Crippen LogP contribution in [0.4, 0.5) is 5.69 Å². The van der Waals surface area contributed by atoms with Crippen LogP contribution in [-0.2, 0) is 12.8 Å². The maximum atomic E-state index is 6.14. The first-order valence-corrected chi connectivity index (χ1v) is 12.0. The summed E-state index contributed by atoms with van der Waals surface area (Å²) in [4.78, 5) is 5.12. The van der Waals surface area contributed by atoms with Crippen molar-refractivity contribution < 1.29 is 4.74 Å². The van der Waals surface area contributed by atoms with Crippen LogP contribution in [0.15, 0.2) is 48.5 Å². The molecule has 1 aliphatic heterocycles. The number of aryl methyl sites for hydroxylation is 1.